The average molecular weight is 276 g/mol. The Bertz CT molecular complexity index is 527. The third kappa shape index (κ3) is 2.84. The second-order valence-electron chi connectivity index (χ2n) is 5.67. The highest BCUT2D eigenvalue weighted by Crippen LogP contribution is 2.34. The van der Waals surface area contributed by atoms with Crippen LogP contribution in [0.3, 0.4) is 0 Å². The Hall–Kier alpha value is -1.85. The minimum Gasteiger partial charge on any atom is -0.487 e. The van der Waals surface area contributed by atoms with Gasteiger partial charge in [-0.15, -0.1) is 0 Å². The van der Waals surface area contributed by atoms with Gasteiger partial charge in [-0.1, -0.05) is 19.0 Å². The molecule has 6 heteroatoms. The summed E-state index contributed by atoms with van der Waals surface area (Å²) in [5, 5.41) is 10.7. The summed E-state index contributed by atoms with van der Waals surface area (Å²) in [4.78, 5) is 4.50. The lowest BCUT2D eigenvalue weighted by Gasteiger charge is -2.26. The van der Waals surface area contributed by atoms with Crippen LogP contribution >= 0.6 is 0 Å². The Morgan fingerprint density at radius 3 is 2.70 bits per heavy atom. The highest BCUT2D eigenvalue weighted by molar-refractivity contribution is 5.11. The summed E-state index contributed by atoms with van der Waals surface area (Å²) < 4.78 is 11.3. The van der Waals surface area contributed by atoms with Crippen molar-refractivity contribution in [1.29, 1.82) is 0 Å². The first-order valence-electron chi connectivity index (χ1n) is 7.21. The minimum absolute atomic E-state index is 0.261. The van der Waals surface area contributed by atoms with Crippen molar-refractivity contribution in [2.75, 3.05) is 0 Å². The molecule has 0 radical (unpaired) electrons. The van der Waals surface area contributed by atoms with Gasteiger partial charge in [0, 0.05) is 11.8 Å². The fourth-order valence-corrected chi connectivity index (χ4v) is 2.57. The predicted octanol–water partition coefficient (Wildman–Crippen LogP) is 3.02. The molecule has 0 aromatic carbocycles. The molecule has 0 unspecified atom stereocenters. The number of nitrogens with one attached hydrogen (secondary N) is 1. The normalized spacial score (nSPS) is 23.1. The van der Waals surface area contributed by atoms with Gasteiger partial charge in [-0.05, 0) is 25.7 Å². The molecule has 2 aromatic heterocycles. The maximum atomic E-state index is 5.86. The highest BCUT2D eigenvalue weighted by atomic mass is 16.5. The second kappa shape index (κ2) is 5.64. The quantitative estimate of drug-likeness (QED) is 0.928. The van der Waals surface area contributed by atoms with E-state index in [-0.39, 0.29) is 6.10 Å². The third-order valence-corrected chi connectivity index (χ3v) is 3.77. The SMILES string of the molecule is CC(C)c1noc(C2CCC(Oc3cn[nH]c3)CC2)n1. The molecule has 3 rings (SSSR count). The summed E-state index contributed by atoms with van der Waals surface area (Å²) in [5.41, 5.74) is 0. The number of hydrogen-bond donors (Lipinski definition) is 1. The van der Waals surface area contributed by atoms with Gasteiger partial charge in [-0.2, -0.15) is 10.1 Å². The maximum absolute atomic E-state index is 5.86. The number of aromatic amines is 1. The first-order valence-corrected chi connectivity index (χ1v) is 7.21. The molecule has 0 saturated heterocycles. The number of rotatable bonds is 4. The summed E-state index contributed by atoms with van der Waals surface area (Å²) >= 11 is 0. The molecule has 2 aromatic rings. The van der Waals surface area contributed by atoms with Crippen molar-refractivity contribution >= 4 is 0 Å². The molecule has 6 nitrogen and oxygen atoms in total. The van der Waals surface area contributed by atoms with Crippen LogP contribution in [0.4, 0.5) is 0 Å². The van der Waals surface area contributed by atoms with E-state index in [0.717, 1.165) is 43.1 Å². The number of ether oxygens (including phenoxy) is 1. The monoisotopic (exact) mass is 276 g/mol. The van der Waals surface area contributed by atoms with Gasteiger partial charge in [0.15, 0.2) is 11.6 Å². The van der Waals surface area contributed by atoms with E-state index in [2.05, 4.69) is 34.2 Å². The Morgan fingerprint density at radius 2 is 2.10 bits per heavy atom. The Labute approximate surface area is 117 Å². The summed E-state index contributed by atoms with van der Waals surface area (Å²) in [6.45, 7) is 4.15. The first-order chi connectivity index (χ1) is 9.72. The lowest BCUT2D eigenvalue weighted by atomic mass is 9.87. The number of hydrogen-bond acceptors (Lipinski definition) is 5. The molecule has 0 bridgehead atoms. The van der Waals surface area contributed by atoms with Crippen molar-refractivity contribution in [3.05, 3.63) is 24.1 Å². The van der Waals surface area contributed by atoms with Gasteiger partial charge in [0.1, 0.15) is 0 Å². The summed E-state index contributed by atoms with van der Waals surface area (Å²) in [7, 11) is 0. The lowest BCUT2D eigenvalue weighted by molar-refractivity contribution is 0.139. The molecular formula is C14H20N4O2. The van der Waals surface area contributed by atoms with E-state index < -0.39 is 0 Å². The number of aromatic nitrogens is 4. The molecule has 0 spiro atoms. The molecule has 2 heterocycles. The molecule has 20 heavy (non-hydrogen) atoms. The molecule has 108 valence electrons. The lowest BCUT2D eigenvalue weighted by Crippen LogP contribution is -2.23. The van der Waals surface area contributed by atoms with E-state index in [9.17, 15) is 0 Å². The van der Waals surface area contributed by atoms with Crippen LogP contribution in [0.25, 0.3) is 0 Å². The van der Waals surface area contributed by atoms with Crippen molar-refractivity contribution in [1.82, 2.24) is 20.3 Å². The predicted molar refractivity (Wildman–Crippen MR) is 72.6 cm³/mol. The fraction of sp³-hybridized carbons (Fsp3) is 0.643. The highest BCUT2D eigenvalue weighted by Gasteiger charge is 2.27. The molecule has 1 aliphatic rings. The summed E-state index contributed by atoms with van der Waals surface area (Å²) in [6, 6.07) is 0. The van der Waals surface area contributed by atoms with Crippen LogP contribution in [0, 0.1) is 0 Å². The van der Waals surface area contributed by atoms with Crippen molar-refractivity contribution in [2.45, 2.75) is 57.5 Å². The van der Waals surface area contributed by atoms with Crippen LogP contribution in [0.2, 0.25) is 0 Å². The van der Waals surface area contributed by atoms with E-state index >= 15 is 0 Å². The number of nitrogens with zero attached hydrogens (tertiary/aromatic N) is 3. The van der Waals surface area contributed by atoms with Gasteiger partial charge in [-0.25, -0.2) is 0 Å². The van der Waals surface area contributed by atoms with E-state index in [0.29, 0.717) is 11.8 Å². The van der Waals surface area contributed by atoms with Gasteiger partial charge in [0.05, 0.1) is 18.5 Å². The largest absolute Gasteiger partial charge is 0.487 e. The molecular weight excluding hydrogens is 256 g/mol. The Morgan fingerprint density at radius 1 is 1.30 bits per heavy atom. The fourth-order valence-electron chi connectivity index (χ4n) is 2.57. The third-order valence-electron chi connectivity index (χ3n) is 3.77. The molecule has 1 N–H and O–H groups in total. The molecule has 0 aliphatic heterocycles. The summed E-state index contributed by atoms with van der Waals surface area (Å²) in [5.74, 6) is 3.09. The molecule has 0 atom stereocenters. The molecule has 1 aliphatic carbocycles. The average Bonchev–Trinajstić information content (AvgIpc) is 3.10. The molecule has 0 amide bonds. The van der Waals surface area contributed by atoms with Crippen LogP contribution < -0.4 is 4.74 Å². The van der Waals surface area contributed by atoms with Crippen molar-refractivity contribution in [3.63, 3.8) is 0 Å². The van der Waals surface area contributed by atoms with Crippen LogP contribution in [-0.2, 0) is 0 Å². The smallest absolute Gasteiger partial charge is 0.229 e. The zero-order chi connectivity index (χ0) is 13.9. The van der Waals surface area contributed by atoms with E-state index in [1.165, 1.54) is 0 Å². The van der Waals surface area contributed by atoms with E-state index in [1.54, 1.807) is 12.4 Å². The van der Waals surface area contributed by atoms with Crippen molar-refractivity contribution in [3.8, 4) is 5.75 Å². The topological polar surface area (TPSA) is 76.8 Å². The van der Waals surface area contributed by atoms with Crippen LogP contribution in [0.15, 0.2) is 16.9 Å². The Kier molecular flexibility index (Phi) is 3.71. The van der Waals surface area contributed by atoms with Gasteiger partial charge >= 0.3 is 0 Å². The molecule has 1 saturated carbocycles. The maximum Gasteiger partial charge on any atom is 0.229 e. The zero-order valence-electron chi connectivity index (χ0n) is 11.9. The first kappa shape index (κ1) is 13.1. The van der Waals surface area contributed by atoms with Gasteiger partial charge in [-0.3, -0.25) is 5.10 Å². The van der Waals surface area contributed by atoms with Crippen LogP contribution in [0.5, 0.6) is 5.75 Å². The Balaban J connectivity index is 1.55. The van der Waals surface area contributed by atoms with Crippen molar-refractivity contribution in [2.24, 2.45) is 0 Å². The van der Waals surface area contributed by atoms with Gasteiger partial charge < -0.3 is 9.26 Å². The van der Waals surface area contributed by atoms with Crippen LogP contribution in [-0.4, -0.2) is 26.4 Å². The standard InChI is InChI=1S/C14H20N4O2/c1-9(2)13-17-14(20-18-13)10-3-5-11(6-4-10)19-12-7-15-16-8-12/h7-11H,3-6H2,1-2H3,(H,15,16). The van der Waals surface area contributed by atoms with Crippen LogP contribution in [0.1, 0.15) is 63.1 Å². The minimum atomic E-state index is 0.261. The van der Waals surface area contributed by atoms with Gasteiger partial charge in [0.25, 0.3) is 0 Å². The van der Waals surface area contributed by atoms with E-state index in [1.807, 2.05) is 0 Å². The van der Waals surface area contributed by atoms with E-state index in [4.69, 9.17) is 9.26 Å². The van der Waals surface area contributed by atoms with Gasteiger partial charge in [0.2, 0.25) is 5.89 Å². The summed E-state index contributed by atoms with van der Waals surface area (Å²) in [6.07, 6.45) is 7.82. The number of H-pyrrole nitrogens is 1. The zero-order valence-corrected chi connectivity index (χ0v) is 11.9. The van der Waals surface area contributed by atoms with Crippen molar-refractivity contribution < 1.29 is 9.26 Å². The second-order valence-corrected chi connectivity index (χ2v) is 5.67. The molecule has 1 fully saturated rings.